The lowest BCUT2D eigenvalue weighted by Crippen LogP contribution is -2.33. The van der Waals surface area contributed by atoms with E-state index in [0.717, 1.165) is 48.5 Å². The largest absolute Gasteiger partial charge is 0.481 e. The molecule has 0 amide bonds. The molecule has 1 unspecified atom stereocenters. The molecule has 4 heterocycles. The zero-order valence-corrected chi connectivity index (χ0v) is 22.1. The fourth-order valence-corrected chi connectivity index (χ4v) is 5.46. The van der Waals surface area contributed by atoms with Gasteiger partial charge in [-0.05, 0) is 57.2 Å². The van der Waals surface area contributed by atoms with Gasteiger partial charge in [0.1, 0.15) is 11.6 Å². The lowest BCUT2D eigenvalue weighted by Gasteiger charge is -2.30. The first-order valence-electron chi connectivity index (χ1n) is 12.2. The predicted molar refractivity (Wildman–Crippen MR) is 139 cm³/mol. The Morgan fingerprint density at radius 3 is 2.33 bits per heavy atom. The summed E-state index contributed by atoms with van der Waals surface area (Å²) in [6.45, 7) is 4.63. The van der Waals surface area contributed by atoms with Gasteiger partial charge in [0.25, 0.3) is 0 Å². The second kappa shape index (κ2) is 9.50. The van der Waals surface area contributed by atoms with Gasteiger partial charge in [-0.2, -0.15) is 0 Å². The standard InChI is InChI=1S/C27H32ClN5O3/c1-16-29-14-23(32(16)3)27(34,24-15-30-17(2)33(24)4)18-8-11-22-21(13-18)25(28)20(26(31-22)35-5)10-9-19-7-6-12-36-19/h8,11,13-15,19,34H,6-7,9-10,12H2,1-5H3. The van der Waals surface area contributed by atoms with Crippen molar-refractivity contribution in [1.82, 2.24) is 24.1 Å². The fraction of sp³-hybridized carbons (Fsp3) is 0.444. The number of halogens is 1. The summed E-state index contributed by atoms with van der Waals surface area (Å²) in [6, 6.07) is 5.67. The van der Waals surface area contributed by atoms with E-state index in [2.05, 4.69) is 9.97 Å². The van der Waals surface area contributed by atoms with Gasteiger partial charge in [0.15, 0.2) is 5.60 Å². The molecule has 0 saturated carbocycles. The van der Waals surface area contributed by atoms with Gasteiger partial charge in [-0.3, -0.25) is 0 Å². The van der Waals surface area contributed by atoms with Gasteiger partial charge in [-0.25, -0.2) is 15.0 Å². The molecule has 190 valence electrons. The van der Waals surface area contributed by atoms with Crippen molar-refractivity contribution < 1.29 is 14.6 Å². The summed E-state index contributed by atoms with van der Waals surface area (Å²) in [4.78, 5) is 13.7. The number of aliphatic hydroxyl groups is 1. The number of methoxy groups -OCH3 is 1. The highest BCUT2D eigenvalue weighted by Gasteiger charge is 2.40. The Hall–Kier alpha value is -2.94. The van der Waals surface area contributed by atoms with Crippen molar-refractivity contribution in [3.05, 3.63) is 69.8 Å². The second-order valence-corrected chi connectivity index (χ2v) is 9.91. The molecule has 0 bridgehead atoms. The number of rotatable bonds is 7. The minimum atomic E-state index is -1.51. The van der Waals surface area contributed by atoms with Crippen molar-refractivity contribution in [2.45, 2.75) is 51.2 Å². The molecule has 1 aliphatic rings. The number of ether oxygens (including phenoxy) is 2. The molecular weight excluding hydrogens is 478 g/mol. The minimum Gasteiger partial charge on any atom is -0.481 e. The topological polar surface area (TPSA) is 87.2 Å². The normalized spacial score (nSPS) is 16.2. The average molecular weight is 510 g/mol. The third-order valence-electron chi connectivity index (χ3n) is 7.51. The molecule has 4 aromatic rings. The SMILES string of the molecule is COc1nc2ccc(C(O)(c3cnc(C)n3C)c3cnc(C)n3C)cc2c(Cl)c1CCC1CCCO1. The number of imidazole rings is 2. The first-order valence-corrected chi connectivity index (χ1v) is 12.6. The van der Waals surface area contributed by atoms with Crippen LogP contribution in [0, 0.1) is 13.8 Å². The van der Waals surface area contributed by atoms with Gasteiger partial charge in [0.05, 0.1) is 47.5 Å². The van der Waals surface area contributed by atoms with Crippen molar-refractivity contribution in [2.75, 3.05) is 13.7 Å². The molecule has 1 fully saturated rings. The molecule has 1 saturated heterocycles. The molecule has 3 aromatic heterocycles. The number of nitrogens with zero attached hydrogens (tertiary/aromatic N) is 5. The third kappa shape index (κ3) is 3.97. The fourth-order valence-electron chi connectivity index (χ4n) is 5.13. The highest BCUT2D eigenvalue weighted by Crippen LogP contribution is 2.41. The summed E-state index contributed by atoms with van der Waals surface area (Å²) in [5, 5.41) is 13.8. The molecule has 1 aromatic carbocycles. The van der Waals surface area contributed by atoms with E-state index in [1.165, 1.54) is 0 Å². The number of aromatic nitrogens is 5. The zero-order valence-electron chi connectivity index (χ0n) is 21.4. The van der Waals surface area contributed by atoms with Crippen molar-refractivity contribution in [3.63, 3.8) is 0 Å². The molecule has 5 rings (SSSR count). The van der Waals surface area contributed by atoms with Crippen LogP contribution in [0.2, 0.25) is 5.02 Å². The smallest absolute Gasteiger partial charge is 0.218 e. The molecule has 0 radical (unpaired) electrons. The van der Waals surface area contributed by atoms with Gasteiger partial charge in [-0.15, -0.1) is 0 Å². The maximum atomic E-state index is 12.5. The number of fused-ring (bicyclic) bond motifs is 1. The Bertz CT molecular complexity index is 1370. The monoisotopic (exact) mass is 509 g/mol. The van der Waals surface area contributed by atoms with E-state index in [9.17, 15) is 5.11 Å². The van der Waals surface area contributed by atoms with Gasteiger partial charge < -0.3 is 23.7 Å². The van der Waals surface area contributed by atoms with E-state index in [-0.39, 0.29) is 6.10 Å². The molecule has 1 atom stereocenters. The van der Waals surface area contributed by atoms with Crippen molar-refractivity contribution >= 4 is 22.5 Å². The van der Waals surface area contributed by atoms with Crippen molar-refractivity contribution in [2.24, 2.45) is 14.1 Å². The summed E-state index contributed by atoms with van der Waals surface area (Å²) < 4.78 is 15.2. The predicted octanol–water partition coefficient (Wildman–Crippen LogP) is 4.38. The first-order chi connectivity index (χ1) is 17.3. The summed E-state index contributed by atoms with van der Waals surface area (Å²) in [5.74, 6) is 2.12. The van der Waals surface area contributed by atoms with E-state index >= 15 is 0 Å². The average Bonchev–Trinajstić information content (AvgIpc) is 3.60. The van der Waals surface area contributed by atoms with Crippen LogP contribution in [0.25, 0.3) is 10.9 Å². The second-order valence-electron chi connectivity index (χ2n) is 9.53. The van der Waals surface area contributed by atoms with Crippen LogP contribution in [-0.2, 0) is 30.9 Å². The summed E-state index contributed by atoms with van der Waals surface area (Å²) in [6.07, 6.45) is 7.37. The van der Waals surface area contributed by atoms with Gasteiger partial charge in [-0.1, -0.05) is 17.7 Å². The van der Waals surface area contributed by atoms with Crippen LogP contribution >= 0.6 is 11.6 Å². The van der Waals surface area contributed by atoms with E-state index in [1.54, 1.807) is 19.5 Å². The van der Waals surface area contributed by atoms with E-state index in [1.807, 2.05) is 55.3 Å². The van der Waals surface area contributed by atoms with Crippen LogP contribution in [0.5, 0.6) is 5.88 Å². The van der Waals surface area contributed by atoms with Crippen LogP contribution in [0.3, 0.4) is 0 Å². The summed E-state index contributed by atoms with van der Waals surface area (Å²) >= 11 is 7.02. The van der Waals surface area contributed by atoms with Crippen LogP contribution < -0.4 is 4.74 Å². The zero-order chi connectivity index (χ0) is 25.6. The number of pyridine rings is 1. The van der Waals surface area contributed by atoms with Crippen LogP contribution in [0.1, 0.15) is 53.4 Å². The van der Waals surface area contributed by atoms with E-state index in [0.29, 0.717) is 39.8 Å². The highest BCUT2D eigenvalue weighted by atomic mass is 35.5. The summed E-state index contributed by atoms with van der Waals surface area (Å²) in [5.41, 5.74) is 1.97. The number of aryl methyl sites for hydroxylation is 2. The number of hydrogen-bond donors (Lipinski definition) is 1. The van der Waals surface area contributed by atoms with Crippen molar-refractivity contribution in [3.8, 4) is 5.88 Å². The van der Waals surface area contributed by atoms with Gasteiger partial charge in [0, 0.05) is 31.7 Å². The molecule has 0 aliphatic carbocycles. The van der Waals surface area contributed by atoms with Crippen molar-refractivity contribution in [1.29, 1.82) is 0 Å². The lowest BCUT2D eigenvalue weighted by molar-refractivity contribution is 0.104. The lowest BCUT2D eigenvalue weighted by atomic mass is 9.86. The molecule has 0 spiro atoms. The van der Waals surface area contributed by atoms with Crippen LogP contribution in [0.15, 0.2) is 30.6 Å². The third-order valence-corrected chi connectivity index (χ3v) is 7.94. The molecule has 1 aliphatic heterocycles. The Balaban J connectivity index is 1.68. The Kier molecular flexibility index (Phi) is 6.53. The quantitative estimate of drug-likeness (QED) is 0.398. The summed E-state index contributed by atoms with van der Waals surface area (Å²) in [7, 11) is 5.41. The highest BCUT2D eigenvalue weighted by molar-refractivity contribution is 6.36. The van der Waals surface area contributed by atoms with E-state index in [4.69, 9.17) is 26.1 Å². The maximum absolute atomic E-state index is 12.5. The van der Waals surface area contributed by atoms with Gasteiger partial charge in [0.2, 0.25) is 5.88 Å². The minimum absolute atomic E-state index is 0.235. The maximum Gasteiger partial charge on any atom is 0.218 e. The molecule has 8 nitrogen and oxygen atoms in total. The molecule has 9 heteroatoms. The molecule has 36 heavy (non-hydrogen) atoms. The van der Waals surface area contributed by atoms with E-state index < -0.39 is 5.60 Å². The molecular formula is C27H32ClN5O3. The Morgan fingerprint density at radius 2 is 1.81 bits per heavy atom. The Morgan fingerprint density at radius 1 is 1.14 bits per heavy atom. The number of hydrogen-bond acceptors (Lipinski definition) is 6. The number of benzene rings is 1. The van der Waals surface area contributed by atoms with Crippen LogP contribution in [-0.4, -0.2) is 49.0 Å². The Labute approximate surface area is 215 Å². The van der Waals surface area contributed by atoms with Crippen LogP contribution in [0.4, 0.5) is 0 Å². The molecule has 1 N–H and O–H groups in total. The first kappa shape index (κ1) is 24.7. The van der Waals surface area contributed by atoms with Gasteiger partial charge >= 0.3 is 0 Å².